The van der Waals surface area contributed by atoms with Crippen molar-refractivity contribution in [3.63, 3.8) is 0 Å². The van der Waals surface area contributed by atoms with Gasteiger partial charge in [0.2, 0.25) is 0 Å². The molecule has 1 unspecified atom stereocenters. The van der Waals surface area contributed by atoms with Gasteiger partial charge in [0.15, 0.2) is 5.96 Å². The van der Waals surface area contributed by atoms with Crippen LogP contribution in [0.25, 0.3) is 0 Å². The molecule has 1 aromatic heterocycles. The lowest BCUT2D eigenvalue weighted by molar-refractivity contribution is 0.119. The van der Waals surface area contributed by atoms with Gasteiger partial charge >= 0.3 is 0 Å². The van der Waals surface area contributed by atoms with Gasteiger partial charge in [0.1, 0.15) is 11.1 Å². The fraction of sp³-hybridized carbons (Fsp3) is 0.750. The topological polar surface area (TPSA) is 53.0 Å². The van der Waals surface area contributed by atoms with E-state index in [0.717, 1.165) is 49.4 Å². The second-order valence-electron chi connectivity index (χ2n) is 5.54. The summed E-state index contributed by atoms with van der Waals surface area (Å²) in [5.74, 6) is 0.923. The standard InChI is InChI=1S/C16H31N5OS/c1-7-17-16(18-9-10-20(4)8-2)21(5)11-14-12-23-15(19-14)13(3)22-6/h12-13H,7-11H2,1-6H3,(H,17,18). The van der Waals surface area contributed by atoms with Gasteiger partial charge in [-0.15, -0.1) is 11.3 Å². The zero-order chi connectivity index (χ0) is 17.2. The third-order valence-corrected chi connectivity index (χ3v) is 4.70. The third kappa shape index (κ3) is 6.85. The summed E-state index contributed by atoms with van der Waals surface area (Å²) in [5, 5.41) is 6.45. The van der Waals surface area contributed by atoms with Crippen LogP contribution in [-0.4, -0.2) is 68.1 Å². The molecule has 0 saturated carbocycles. The van der Waals surface area contributed by atoms with Gasteiger partial charge in [-0.25, -0.2) is 4.98 Å². The maximum absolute atomic E-state index is 5.32. The molecule has 0 fully saturated rings. The second-order valence-corrected chi connectivity index (χ2v) is 6.43. The summed E-state index contributed by atoms with van der Waals surface area (Å²) in [5.41, 5.74) is 1.05. The largest absolute Gasteiger partial charge is 0.375 e. The first-order valence-electron chi connectivity index (χ1n) is 8.16. The first-order chi connectivity index (χ1) is 11.0. The van der Waals surface area contributed by atoms with Crippen LogP contribution in [0, 0.1) is 0 Å². The van der Waals surface area contributed by atoms with Crippen molar-refractivity contribution in [1.29, 1.82) is 0 Å². The Hall–Kier alpha value is -1.18. The minimum Gasteiger partial charge on any atom is -0.375 e. The van der Waals surface area contributed by atoms with Crippen LogP contribution in [0.2, 0.25) is 0 Å². The van der Waals surface area contributed by atoms with E-state index in [0.29, 0.717) is 0 Å². The summed E-state index contributed by atoms with van der Waals surface area (Å²) in [6.07, 6.45) is 0.0468. The monoisotopic (exact) mass is 341 g/mol. The Kier molecular flexibility index (Phi) is 9.13. The summed E-state index contributed by atoms with van der Waals surface area (Å²) in [4.78, 5) is 13.7. The summed E-state index contributed by atoms with van der Waals surface area (Å²) in [6.45, 7) is 10.7. The van der Waals surface area contributed by atoms with E-state index in [-0.39, 0.29) is 6.10 Å². The lowest BCUT2D eigenvalue weighted by atomic mass is 10.4. The highest BCUT2D eigenvalue weighted by molar-refractivity contribution is 7.09. The van der Waals surface area contributed by atoms with Crippen molar-refractivity contribution in [2.24, 2.45) is 4.99 Å². The molecule has 7 heteroatoms. The van der Waals surface area contributed by atoms with Gasteiger partial charge in [-0.3, -0.25) is 4.99 Å². The molecule has 132 valence electrons. The molecular weight excluding hydrogens is 310 g/mol. The van der Waals surface area contributed by atoms with E-state index in [1.165, 1.54) is 0 Å². The van der Waals surface area contributed by atoms with Crippen molar-refractivity contribution in [2.45, 2.75) is 33.4 Å². The zero-order valence-corrected chi connectivity index (χ0v) is 16.1. The quantitative estimate of drug-likeness (QED) is 0.551. The minimum atomic E-state index is 0.0468. The van der Waals surface area contributed by atoms with Gasteiger partial charge in [-0.05, 0) is 27.4 Å². The Labute approximate surface area is 144 Å². The second kappa shape index (κ2) is 10.6. The highest BCUT2D eigenvalue weighted by Gasteiger charge is 2.12. The maximum atomic E-state index is 5.32. The van der Waals surface area contributed by atoms with Gasteiger partial charge in [0, 0.05) is 32.6 Å². The molecule has 0 radical (unpaired) electrons. The number of methoxy groups -OCH3 is 1. The predicted molar refractivity (Wildman–Crippen MR) is 98.2 cm³/mol. The van der Waals surface area contributed by atoms with Gasteiger partial charge < -0.3 is 19.9 Å². The van der Waals surface area contributed by atoms with E-state index in [1.54, 1.807) is 18.4 Å². The van der Waals surface area contributed by atoms with Gasteiger partial charge in [-0.1, -0.05) is 6.92 Å². The Balaban J connectivity index is 2.64. The average Bonchev–Trinajstić information content (AvgIpc) is 3.01. The Morgan fingerprint density at radius 3 is 2.78 bits per heavy atom. The molecule has 0 aromatic carbocycles. The molecule has 1 heterocycles. The van der Waals surface area contributed by atoms with Crippen LogP contribution in [0.1, 0.15) is 37.6 Å². The van der Waals surface area contributed by atoms with Crippen LogP contribution in [0.15, 0.2) is 10.4 Å². The molecule has 0 aliphatic rings. The van der Waals surface area contributed by atoms with Gasteiger partial charge in [0.25, 0.3) is 0 Å². The van der Waals surface area contributed by atoms with Crippen LogP contribution in [0.5, 0.6) is 0 Å². The van der Waals surface area contributed by atoms with Crippen LogP contribution in [-0.2, 0) is 11.3 Å². The van der Waals surface area contributed by atoms with E-state index < -0.39 is 0 Å². The summed E-state index contributed by atoms with van der Waals surface area (Å²) < 4.78 is 5.32. The molecule has 6 nitrogen and oxygen atoms in total. The number of hydrogen-bond acceptors (Lipinski definition) is 5. The minimum absolute atomic E-state index is 0.0468. The fourth-order valence-electron chi connectivity index (χ4n) is 1.96. The molecule has 0 aliphatic carbocycles. The van der Waals surface area contributed by atoms with Crippen molar-refractivity contribution in [3.05, 3.63) is 16.1 Å². The smallest absolute Gasteiger partial charge is 0.194 e. The van der Waals surface area contributed by atoms with Crippen LogP contribution in [0.4, 0.5) is 0 Å². The van der Waals surface area contributed by atoms with Crippen molar-refractivity contribution in [3.8, 4) is 0 Å². The Bertz CT molecular complexity index is 477. The summed E-state index contributed by atoms with van der Waals surface area (Å²) in [7, 11) is 5.87. The number of guanidine groups is 1. The van der Waals surface area contributed by atoms with Gasteiger partial charge in [0.05, 0.1) is 18.8 Å². The van der Waals surface area contributed by atoms with Crippen molar-refractivity contribution in [2.75, 3.05) is 47.4 Å². The van der Waals surface area contributed by atoms with Crippen LogP contribution < -0.4 is 5.32 Å². The number of rotatable bonds is 9. The summed E-state index contributed by atoms with van der Waals surface area (Å²) >= 11 is 1.64. The van der Waals surface area contributed by atoms with Crippen molar-refractivity contribution < 1.29 is 4.74 Å². The molecule has 23 heavy (non-hydrogen) atoms. The predicted octanol–water partition coefficient (Wildman–Crippen LogP) is 2.20. The van der Waals surface area contributed by atoms with E-state index >= 15 is 0 Å². The van der Waals surface area contributed by atoms with E-state index in [2.05, 4.69) is 46.4 Å². The normalized spacial score (nSPS) is 13.4. The van der Waals surface area contributed by atoms with E-state index in [9.17, 15) is 0 Å². The number of hydrogen-bond donors (Lipinski definition) is 1. The van der Waals surface area contributed by atoms with E-state index in [1.807, 2.05) is 14.0 Å². The lowest BCUT2D eigenvalue weighted by Crippen LogP contribution is -2.39. The SMILES string of the molecule is CCNC(=NCCN(C)CC)N(C)Cc1csc(C(C)OC)n1. The fourth-order valence-corrected chi connectivity index (χ4v) is 2.80. The third-order valence-electron chi connectivity index (χ3n) is 3.65. The molecule has 0 saturated heterocycles. The maximum Gasteiger partial charge on any atom is 0.194 e. The van der Waals surface area contributed by atoms with Crippen LogP contribution >= 0.6 is 11.3 Å². The first kappa shape index (κ1) is 19.9. The number of aromatic nitrogens is 1. The lowest BCUT2D eigenvalue weighted by Gasteiger charge is -2.21. The Morgan fingerprint density at radius 1 is 1.43 bits per heavy atom. The summed E-state index contributed by atoms with van der Waals surface area (Å²) in [6, 6.07) is 0. The molecular formula is C16H31N5OS. The molecule has 0 amide bonds. The molecule has 1 rings (SSSR count). The van der Waals surface area contributed by atoms with E-state index in [4.69, 9.17) is 9.73 Å². The number of nitrogens with zero attached hydrogens (tertiary/aromatic N) is 4. The molecule has 1 aromatic rings. The number of thiazole rings is 1. The van der Waals surface area contributed by atoms with Crippen LogP contribution in [0.3, 0.4) is 0 Å². The highest BCUT2D eigenvalue weighted by Crippen LogP contribution is 2.20. The number of aliphatic imine (C=N–C) groups is 1. The highest BCUT2D eigenvalue weighted by atomic mass is 32.1. The number of ether oxygens (including phenoxy) is 1. The average molecular weight is 342 g/mol. The number of likely N-dealkylation sites (N-methyl/N-ethyl adjacent to an activating group) is 1. The zero-order valence-electron chi connectivity index (χ0n) is 15.3. The molecule has 0 bridgehead atoms. The van der Waals surface area contributed by atoms with Gasteiger partial charge in [-0.2, -0.15) is 0 Å². The molecule has 0 aliphatic heterocycles. The number of nitrogens with one attached hydrogen (secondary N) is 1. The molecule has 1 atom stereocenters. The molecule has 1 N–H and O–H groups in total. The first-order valence-corrected chi connectivity index (χ1v) is 9.04. The van der Waals surface area contributed by atoms with Crippen molar-refractivity contribution >= 4 is 17.3 Å². The Morgan fingerprint density at radius 2 is 2.17 bits per heavy atom. The molecule has 0 spiro atoms. The van der Waals surface area contributed by atoms with Crippen molar-refractivity contribution in [1.82, 2.24) is 20.1 Å².